The van der Waals surface area contributed by atoms with Gasteiger partial charge in [0.2, 0.25) is 11.8 Å². The molecule has 0 heterocycles. The molecule has 0 aliphatic carbocycles. The van der Waals surface area contributed by atoms with E-state index in [1.807, 2.05) is 31.2 Å². The van der Waals surface area contributed by atoms with Crippen LogP contribution >= 0.6 is 15.9 Å². The first kappa shape index (κ1) is 15.7. The molecule has 0 aromatic heterocycles. The van der Waals surface area contributed by atoms with E-state index in [-0.39, 0.29) is 24.9 Å². The number of amides is 2. The summed E-state index contributed by atoms with van der Waals surface area (Å²) in [7, 11) is 1.73. The highest BCUT2D eigenvalue weighted by atomic mass is 79.9. The Kier molecular flexibility index (Phi) is 6.52. The van der Waals surface area contributed by atoms with Crippen molar-refractivity contribution in [3.63, 3.8) is 0 Å². The van der Waals surface area contributed by atoms with Crippen molar-refractivity contribution in [2.45, 2.75) is 6.92 Å². The van der Waals surface area contributed by atoms with E-state index >= 15 is 0 Å². The summed E-state index contributed by atoms with van der Waals surface area (Å²) < 4.78 is 0.828. The molecule has 0 fully saturated rings. The predicted octanol–water partition coefficient (Wildman–Crippen LogP) is 1.46. The molecule has 1 aromatic rings. The summed E-state index contributed by atoms with van der Waals surface area (Å²) in [5, 5.41) is 5.48. The Labute approximate surface area is 121 Å². The second-order valence-corrected chi connectivity index (χ2v) is 5.01. The largest absolute Gasteiger partial charge is 0.355 e. The average molecular weight is 328 g/mol. The third-order valence-corrected chi connectivity index (χ3v) is 3.04. The Morgan fingerprint density at radius 1 is 1.21 bits per heavy atom. The highest BCUT2D eigenvalue weighted by Gasteiger charge is 2.11. The zero-order chi connectivity index (χ0) is 14.3. The summed E-state index contributed by atoms with van der Waals surface area (Å²) in [6.07, 6.45) is 0. The van der Waals surface area contributed by atoms with Crippen LogP contribution in [-0.4, -0.2) is 43.4 Å². The summed E-state index contributed by atoms with van der Waals surface area (Å²) >= 11 is 3.36. The van der Waals surface area contributed by atoms with Gasteiger partial charge in [-0.05, 0) is 42.0 Å². The predicted molar refractivity (Wildman–Crippen MR) is 79.0 cm³/mol. The van der Waals surface area contributed by atoms with Gasteiger partial charge in [-0.2, -0.15) is 0 Å². The number of para-hydroxylation sites is 1. The first-order chi connectivity index (χ1) is 9.02. The molecule has 0 bridgehead atoms. The maximum atomic E-state index is 11.8. The van der Waals surface area contributed by atoms with Gasteiger partial charge in [0.1, 0.15) is 0 Å². The number of hydrogen-bond acceptors (Lipinski definition) is 3. The van der Waals surface area contributed by atoms with Crippen LogP contribution in [0.1, 0.15) is 6.92 Å². The van der Waals surface area contributed by atoms with Gasteiger partial charge >= 0.3 is 0 Å². The average Bonchev–Trinajstić information content (AvgIpc) is 2.31. The van der Waals surface area contributed by atoms with Crippen molar-refractivity contribution >= 4 is 33.4 Å². The Morgan fingerprint density at radius 2 is 1.84 bits per heavy atom. The molecule has 0 aliphatic rings. The molecule has 0 saturated heterocycles. The monoisotopic (exact) mass is 327 g/mol. The first-order valence-corrected chi connectivity index (χ1v) is 6.82. The van der Waals surface area contributed by atoms with Gasteiger partial charge in [-0.25, -0.2) is 0 Å². The Bertz CT molecular complexity index is 451. The third kappa shape index (κ3) is 5.85. The van der Waals surface area contributed by atoms with Crippen molar-refractivity contribution in [2.24, 2.45) is 0 Å². The topological polar surface area (TPSA) is 61.4 Å². The summed E-state index contributed by atoms with van der Waals surface area (Å²) in [6.45, 7) is 2.82. The van der Waals surface area contributed by atoms with Gasteiger partial charge in [0.15, 0.2) is 0 Å². The van der Waals surface area contributed by atoms with Crippen LogP contribution in [-0.2, 0) is 9.59 Å². The highest BCUT2D eigenvalue weighted by molar-refractivity contribution is 9.10. The van der Waals surface area contributed by atoms with Gasteiger partial charge < -0.3 is 10.6 Å². The SMILES string of the molecule is CCNC(=O)CN(C)CC(=O)Nc1ccccc1Br. The normalized spacial score (nSPS) is 10.3. The first-order valence-electron chi connectivity index (χ1n) is 6.02. The molecule has 1 aromatic carbocycles. The van der Waals surface area contributed by atoms with Crippen molar-refractivity contribution in [1.29, 1.82) is 0 Å². The number of likely N-dealkylation sites (N-methyl/N-ethyl adjacent to an activating group) is 2. The molecular formula is C13H18BrN3O2. The number of anilines is 1. The second-order valence-electron chi connectivity index (χ2n) is 4.15. The van der Waals surface area contributed by atoms with Crippen molar-refractivity contribution in [1.82, 2.24) is 10.2 Å². The fourth-order valence-electron chi connectivity index (χ4n) is 1.55. The summed E-state index contributed by atoms with van der Waals surface area (Å²) in [5.74, 6) is -0.239. The molecule has 2 amide bonds. The van der Waals surface area contributed by atoms with Crippen LogP contribution in [0.25, 0.3) is 0 Å². The Hall–Kier alpha value is -1.40. The molecule has 6 heteroatoms. The summed E-state index contributed by atoms with van der Waals surface area (Å²) in [4.78, 5) is 24.8. The van der Waals surface area contributed by atoms with Gasteiger partial charge in [-0.15, -0.1) is 0 Å². The molecule has 0 saturated carbocycles. The van der Waals surface area contributed by atoms with Crippen LogP contribution < -0.4 is 10.6 Å². The lowest BCUT2D eigenvalue weighted by Crippen LogP contribution is -2.38. The Morgan fingerprint density at radius 3 is 2.47 bits per heavy atom. The third-order valence-electron chi connectivity index (χ3n) is 2.35. The minimum atomic E-state index is -0.154. The van der Waals surface area contributed by atoms with E-state index in [0.717, 1.165) is 10.2 Å². The summed E-state index contributed by atoms with van der Waals surface area (Å²) in [5.41, 5.74) is 0.721. The quantitative estimate of drug-likeness (QED) is 0.831. The molecule has 0 atom stereocenters. The van der Waals surface area contributed by atoms with Gasteiger partial charge in [-0.3, -0.25) is 14.5 Å². The van der Waals surface area contributed by atoms with E-state index in [9.17, 15) is 9.59 Å². The van der Waals surface area contributed by atoms with Crippen LogP contribution in [0.4, 0.5) is 5.69 Å². The number of benzene rings is 1. The fourth-order valence-corrected chi connectivity index (χ4v) is 1.94. The smallest absolute Gasteiger partial charge is 0.238 e. The zero-order valence-corrected chi connectivity index (χ0v) is 12.7. The van der Waals surface area contributed by atoms with Crippen LogP contribution in [0, 0.1) is 0 Å². The summed E-state index contributed by atoms with van der Waals surface area (Å²) in [6, 6.07) is 7.39. The lowest BCUT2D eigenvalue weighted by atomic mass is 10.3. The van der Waals surface area contributed by atoms with E-state index < -0.39 is 0 Å². The minimum absolute atomic E-state index is 0.0845. The molecule has 0 aliphatic heterocycles. The van der Waals surface area contributed by atoms with Gasteiger partial charge in [0.05, 0.1) is 18.8 Å². The number of rotatable bonds is 6. The van der Waals surface area contributed by atoms with Crippen molar-refractivity contribution in [3.05, 3.63) is 28.7 Å². The lowest BCUT2D eigenvalue weighted by molar-refractivity contribution is -0.122. The molecule has 0 spiro atoms. The maximum absolute atomic E-state index is 11.8. The van der Waals surface area contributed by atoms with Gasteiger partial charge in [0.25, 0.3) is 0 Å². The van der Waals surface area contributed by atoms with E-state index in [2.05, 4.69) is 26.6 Å². The molecule has 0 radical (unpaired) electrons. The van der Waals surface area contributed by atoms with E-state index in [4.69, 9.17) is 0 Å². The molecule has 19 heavy (non-hydrogen) atoms. The molecule has 5 nitrogen and oxygen atoms in total. The molecule has 0 unspecified atom stereocenters. The number of halogens is 1. The van der Waals surface area contributed by atoms with Crippen LogP contribution in [0.5, 0.6) is 0 Å². The molecule has 104 valence electrons. The number of carbonyl (C=O) groups excluding carboxylic acids is 2. The fraction of sp³-hybridized carbons (Fsp3) is 0.385. The molecular weight excluding hydrogens is 310 g/mol. The highest BCUT2D eigenvalue weighted by Crippen LogP contribution is 2.20. The number of nitrogens with zero attached hydrogens (tertiary/aromatic N) is 1. The standard InChI is InChI=1S/C13H18BrN3O2/c1-3-15-12(18)8-17(2)9-13(19)16-11-7-5-4-6-10(11)14/h4-7H,3,8-9H2,1-2H3,(H,15,18)(H,16,19). The number of carbonyl (C=O) groups is 2. The van der Waals surface area contributed by atoms with E-state index in [1.54, 1.807) is 11.9 Å². The Balaban J connectivity index is 2.43. The van der Waals surface area contributed by atoms with Crippen molar-refractivity contribution in [3.8, 4) is 0 Å². The van der Waals surface area contributed by atoms with Gasteiger partial charge in [0, 0.05) is 11.0 Å². The molecule has 1 rings (SSSR count). The lowest BCUT2D eigenvalue weighted by Gasteiger charge is -2.16. The van der Waals surface area contributed by atoms with Crippen LogP contribution in [0.2, 0.25) is 0 Å². The van der Waals surface area contributed by atoms with E-state index in [1.165, 1.54) is 0 Å². The van der Waals surface area contributed by atoms with E-state index in [0.29, 0.717) is 6.54 Å². The zero-order valence-electron chi connectivity index (χ0n) is 11.1. The van der Waals surface area contributed by atoms with Crippen LogP contribution in [0.15, 0.2) is 28.7 Å². The minimum Gasteiger partial charge on any atom is -0.355 e. The van der Waals surface area contributed by atoms with Crippen molar-refractivity contribution < 1.29 is 9.59 Å². The second kappa shape index (κ2) is 7.91. The van der Waals surface area contributed by atoms with Crippen LogP contribution in [0.3, 0.4) is 0 Å². The number of nitrogens with one attached hydrogen (secondary N) is 2. The number of hydrogen-bond donors (Lipinski definition) is 2. The van der Waals surface area contributed by atoms with Gasteiger partial charge in [-0.1, -0.05) is 12.1 Å². The molecule has 2 N–H and O–H groups in total. The maximum Gasteiger partial charge on any atom is 0.238 e. The van der Waals surface area contributed by atoms with Crippen molar-refractivity contribution in [2.75, 3.05) is 32.0 Å².